The van der Waals surface area contributed by atoms with Gasteiger partial charge in [0.25, 0.3) is 0 Å². The molecule has 0 spiro atoms. The third kappa shape index (κ3) is 4.05. The third-order valence-corrected chi connectivity index (χ3v) is 4.50. The number of aromatic nitrogens is 1. The number of esters is 1. The van der Waals surface area contributed by atoms with Crippen LogP contribution in [0, 0.1) is 0 Å². The SMILES string of the molecule is CNCc1[nH]c(C(=O)OC)c(COC)c1-c1ccc(CO)c(CO)c1CO. The number of H-pyrrole nitrogens is 1. The largest absolute Gasteiger partial charge is 0.464 e. The summed E-state index contributed by atoms with van der Waals surface area (Å²) in [5.74, 6) is -0.523. The van der Waals surface area contributed by atoms with Crippen molar-refractivity contribution >= 4 is 5.97 Å². The fourth-order valence-electron chi connectivity index (χ4n) is 3.30. The molecule has 0 unspecified atom stereocenters. The van der Waals surface area contributed by atoms with Gasteiger partial charge in [-0.25, -0.2) is 4.79 Å². The highest BCUT2D eigenvalue weighted by atomic mass is 16.5. The molecular weight excluding hydrogens is 352 g/mol. The molecule has 148 valence electrons. The van der Waals surface area contributed by atoms with E-state index in [1.807, 2.05) is 0 Å². The first-order chi connectivity index (χ1) is 13.1. The summed E-state index contributed by atoms with van der Waals surface area (Å²) in [6.45, 7) is -0.318. The molecule has 2 aromatic rings. The van der Waals surface area contributed by atoms with E-state index in [0.29, 0.717) is 39.9 Å². The smallest absolute Gasteiger partial charge is 0.354 e. The summed E-state index contributed by atoms with van der Waals surface area (Å²) >= 11 is 0. The molecule has 0 fully saturated rings. The van der Waals surface area contributed by atoms with E-state index >= 15 is 0 Å². The van der Waals surface area contributed by atoms with Crippen LogP contribution < -0.4 is 5.32 Å². The Kier molecular flexibility index (Phi) is 7.52. The van der Waals surface area contributed by atoms with Gasteiger partial charge in [-0.15, -0.1) is 0 Å². The molecule has 0 aliphatic carbocycles. The molecule has 2 rings (SSSR count). The Labute approximate surface area is 157 Å². The summed E-state index contributed by atoms with van der Waals surface area (Å²) < 4.78 is 10.2. The van der Waals surface area contributed by atoms with Crippen molar-refractivity contribution in [3.8, 4) is 11.1 Å². The van der Waals surface area contributed by atoms with Crippen molar-refractivity contribution in [2.24, 2.45) is 0 Å². The summed E-state index contributed by atoms with van der Waals surface area (Å²) in [5, 5.41) is 32.3. The zero-order valence-electron chi connectivity index (χ0n) is 15.8. The van der Waals surface area contributed by atoms with Gasteiger partial charge in [0.2, 0.25) is 0 Å². The van der Waals surface area contributed by atoms with Gasteiger partial charge in [0.1, 0.15) is 5.69 Å². The van der Waals surface area contributed by atoms with Gasteiger partial charge in [-0.1, -0.05) is 12.1 Å². The van der Waals surface area contributed by atoms with Crippen molar-refractivity contribution in [1.29, 1.82) is 0 Å². The van der Waals surface area contributed by atoms with Crippen molar-refractivity contribution in [2.75, 3.05) is 21.3 Å². The maximum Gasteiger partial charge on any atom is 0.354 e. The lowest BCUT2D eigenvalue weighted by molar-refractivity contribution is 0.0589. The van der Waals surface area contributed by atoms with Crippen LogP contribution in [0.1, 0.15) is 38.4 Å². The number of aliphatic hydroxyl groups is 3. The fraction of sp³-hybridized carbons (Fsp3) is 0.421. The van der Waals surface area contributed by atoms with E-state index < -0.39 is 5.97 Å². The van der Waals surface area contributed by atoms with Gasteiger partial charge < -0.3 is 35.1 Å². The Hall–Kier alpha value is -2.23. The second-order valence-electron chi connectivity index (χ2n) is 5.99. The van der Waals surface area contributed by atoms with E-state index in [-0.39, 0.29) is 32.1 Å². The number of hydrogen-bond acceptors (Lipinski definition) is 7. The van der Waals surface area contributed by atoms with Crippen molar-refractivity contribution < 1.29 is 29.6 Å². The molecule has 0 bridgehead atoms. The second-order valence-corrected chi connectivity index (χ2v) is 5.99. The summed E-state index contributed by atoms with van der Waals surface area (Å²) in [6.07, 6.45) is 0. The number of carbonyl (C=O) groups excluding carboxylic acids is 1. The van der Waals surface area contributed by atoms with Gasteiger partial charge in [0.15, 0.2) is 0 Å². The van der Waals surface area contributed by atoms with Crippen LogP contribution in [0.5, 0.6) is 0 Å². The Morgan fingerprint density at radius 3 is 2.30 bits per heavy atom. The van der Waals surface area contributed by atoms with Crippen LogP contribution in [0.3, 0.4) is 0 Å². The van der Waals surface area contributed by atoms with Gasteiger partial charge in [-0.2, -0.15) is 0 Å². The topological polar surface area (TPSA) is 124 Å². The van der Waals surface area contributed by atoms with E-state index in [9.17, 15) is 20.1 Å². The maximum atomic E-state index is 12.2. The van der Waals surface area contributed by atoms with Crippen LogP contribution in [0.2, 0.25) is 0 Å². The Morgan fingerprint density at radius 1 is 1.07 bits per heavy atom. The molecule has 27 heavy (non-hydrogen) atoms. The minimum absolute atomic E-state index is 0.154. The van der Waals surface area contributed by atoms with Crippen molar-refractivity contribution in [3.05, 3.63) is 45.8 Å². The van der Waals surface area contributed by atoms with Crippen LogP contribution in [-0.2, 0) is 42.4 Å². The number of aromatic amines is 1. The lowest BCUT2D eigenvalue weighted by atomic mass is 9.90. The first kappa shape index (κ1) is 21.1. The Bertz CT molecular complexity index is 800. The predicted molar refractivity (Wildman–Crippen MR) is 98.8 cm³/mol. The highest BCUT2D eigenvalue weighted by Crippen LogP contribution is 2.36. The molecule has 8 nitrogen and oxygen atoms in total. The average Bonchev–Trinajstić information content (AvgIpc) is 3.04. The lowest BCUT2D eigenvalue weighted by Crippen LogP contribution is -2.09. The minimum atomic E-state index is -0.523. The summed E-state index contributed by atoms with van der Waals surface area (Å²) in [5.41, 5.74) is 4.46. The molecule has 0 radical (unpaired) electrons. The number of benzene rings is 1. The molecule has 1 heterocycles. The number of hydrogen-bond donors (Lipinski definition) is 5. The monoisotopic (exact) mass is 378 g/mol. The molecule has 0 saturated carbocycles. The van der Waals surface area contributed by atoms with E-state index in [1.54, 1.807) is 19.2 Å². The standard InChI is InChI=1S/C19H26N2O6/c1-20-6-16-17(15(10-26-2)18(21-16)19(25)27-3)12-5-4-11(7-22)13(8-23)14(12)9-24/h4-5,20-24H,6-10H2,1-3H3. The van der Waals surface area contributed by atoms with Crippen molar-refractivity contribution in [1.82, 2.24) is 10.3 Å². The molecule has 0 saturated heterocycles. The number of nitrogens with one attached hydrogen (secondary N) is 2. The first-order valence-electron chi connectivity index (χ1n) is 8.49. The van der Waals surface area contributed by atoms with E-state index in [2.05, 4.69) is 10.3 Å². The maximum absolute atomic E-state index is 12.2. The number of methoxy groups -OCH3 is 2. The zero-order chi connectivity index (χ0) is 20.0. The fourth-order valence-corrected chi connectivity index (χ4v) is 3.30. The van der Waals surface area contributed by atoms with E-state index in [1.165, 1.54) is 14.2 Å². The quantitative estimate of drug-likeness (QED) is 0.409. The summed E-state index contributed by atoms with van der Waals surface area (Å²) in [6, 6.07) is 3.46. The van der Waals surface area contributed by atoms with Crippen LogP contribution in [0.4, 0.5) is 0 Å². The molecule has 0 aliphatic heterocycles. The number of aliphatic hydroxyl groups excluding tert-OH is 3. The highest BCUT2D eigenvalue weighted by molar-refractivity contribution is 5.93. The van der Waals surface area contributed by atoms with Crippen LogP contribution in [0.25, 0.3) is 11.1 Å². The summed E-state index contributed by atoms with van der Waals surface area (Å²) in [4.78, 5) is 15.3. The van der Waals surface area contributed by atoms with Gasteiger partial charge in [0, 0.05) is 30.5 Å². The molecule has 1 aromatic heterocycles. The first-order valence-corrected chi connectivity index (χ1v) is 8.49. The Balaban J connectivity index is 2.83. The third-order valence-electron chi connectivity index (χ3n) is 4.50. The molecule has 1 aromatic carbocycles. The summed E-state index contributed by atoms with van der Waals surface area (Å²) in [7, 11) is 4.60. The van der Waals surface area contributed by atoms with E-state index in [0.717, 1.165) is 5.69 Å². The van der Waals surface area contributed by atoms with E-state index in [4.69, 9.17) is 9.47 Å². The average molecular weight is 378 g/mol. The van der Waals surface area contributed by atoms with Gasteiger partial charge in [-0.05, 0) is 29.3 Å². The molecular formula is C19H26N2O6. The number of carbonyl (C=O) groups is 1. The molecule has 0 atom stereocenters. The lowest BCUT2D eigenvalue weighted by Gasteiger charge is -2.17. The van der Waals surface area contributed by atoms with Crippen molar-refractivity contribution in [2.45, 2.75) is 33.0 Å². The zero-order valence-corrected chi connectivity index (χ0v) is 15.8. The highest BCUT2D eigenvalue weighted by Gasteiger charge is 2.26. The van der Waals surface area contributed by atoms with Crippen LogP contribution in [0.15, 0.2) is 12.1 Å². The van der Waals surface area contributed by atoms with Gasteiger partial charge >= 0.3 is 5.97 Å². The van der Waals surface area contributed by atoms with Crippen LogP contribution in [-0.4, -0.2) is 47.5 Å². The molecule has 0 aliphatic rings. The molecule has 0 amide bonds. The molecule has 5 N–H and O–H groups in total. The minimum Gasteiger partial charge on any atom is -0.464 e. The molecule has 8 heteroatoms. The number of rotatable bonds is 9. The van der Waals surface area contributed by atoms with Crippen LogP contribution >= 0.6 is 0 Å². The van der Waals surface area contributed by atoms with Gasteiger partial charge in [0.05, 0.1) is 33.5 Å². The second kappa shape index (κ2) is 9.63. The van der Waals surface area contributed by atoms with Crippen molar-refractivity contribution in [3.63, 3.8) is 0 Å². The number of ether oxygens (including phenoxy) is 2. The van der Waals surface area contributed by atoms with Gasteiger partial charge in [-0.3, -0.25) is 0 Å². The normalized spacial score (nSPS) is 11.0. The Morgan fingerprint density at radius 2 is 1.78 bits per heavy atom. The predicted octanol–water partition coefficient (Wildman–Crippen LogP) is 0.811.